The van der Waals surface area contributed by atoms with E-state index in [2.05, 4.69) is 22.2 Å². The van der Waals surface area contributed by atoms with Crippen molar-refractivity contribution in [2.75, 3.05) is 32.6 Å². The van der Waals surface area contributed by atoms with E-state index in [9.17, 15) is 4.79 Å². The van der Waals surface area contributed by atoms with Crippen molar-refractivity contribution in [3.8, 4) is 11.5 Å². The second-order valence-electron chi connectivity index (χ2n) is 6.85. The number of carbonyl (C=O) groups excluding carboxylic acids is 1. The predicted octanol–water partition coefficient (Wildman–Crippen LogP) is 3.42. The van der Waals surface area contributed by atoms with Gasteiger partial charge < -0.3 is 19.7 Å². The summed E-state index contributed by atoms with van der Waals surface area (Å²) >= 11 is 0. The van der Waals surface area contributed by atoms with Crippen LogP contribution in [0.4, 0.5) is 11.5 Å². The minimum Gasteiger partial charge on any atom is -0.497 e. The summed E-state index contributed by atoms with van der Waals surface area (Å²) in [5.41, 5.74) is 1.11. The molecule has 1 amide bonds. The van der Waals surface area contributed by atoms with Crippen LogP contribution in [-0.2, 0) is 0 Å². The van der Waals surface area contributed by atoms with Gasteiger partial charge in [-0.05, 0) is 37.8 Å². The van der Waals surface area contributed by atoms with Gasteiger partial charge in [-0.25, -0.2) is 9.97 Å². The molecule has 0 spiro atoms. The monoisotopic (exact) mass is 370 g/mol. The molecule has 0 unspecified atom stereocenters. The van der Waals surface area contributed by atoms with Gasteiger partial charge in [-0.3, -0.25) is 4.79 Å². The van der Waals surface area contributed by atoms with Gasteiger partial charge in [0.1, 0.15) is 28.8 Å². The van der Waals surface area contributed by atoms with Crippen molar-refractivity contribution in [3.63, 3.8) is 0 Å². The van der Waals surface area contributed by atoms with Gasteiger partial charge in [0, 0.05) is 25.2 Å². The summed E-state index contributed by atoms with van der Waals surface area (Å²) in [5.74, 6) is 3.05. The van der Waals surface area contributed by atoms with E-state index in [0.29, 0.717) is 40.4 Å². The number of hydrogen-bond donors (Lipinski definition) is 1. The molecule has 0 atom stereocenters. The molecule has 0 radical (unpaired) electrons. The molecule has 1 N–H and O–H groups in total. The molecule has 144 valence electrons. The lowest BCUT2D eigenvalue weighted by molar-refractivity contribution is 0.0691. The number of methoxy groups -OCH3 is 2. The standard InChI is InChI=1S/C20H26N4O3/c1-13-7-9-24(10-8-13)20(25)17-12-19(22-14(2)21-17)23-16-11-15(26-3)5-6-18(16)27-4/h5-6,11-13H,7-10H2,1-4H3,(H,21,22,23). The van der Waals surface area contributed by atoms with E-state index in [-0.39, 0.29) is 5.91 Å². The van der Waals surface area contributed by atoms with Crippen LogP contribution < -0.4 is 14.8 Å². The van der Waals surface area contributed by atoms with Crippen molar-refractivity contribution in [1.29, 1.82) is 0 Å². The van der Waals surface area contributed by atoms with Gasteiger partial charge >= 0.3 is 0 Å². The Morgan fingerprint density at radius 3 is 2.56 bits per heavy atom. The van der Waals surface area contributed by atoms with Gasteiger partial charge in [-0.2, -0.15) is 0 Å². The Morgan fingerprint density at radius 1 is 1.15 bits per heavy atom. The maximum atomic E-state index is 12.9. The highest BCUT2D eigenvalue weighted by molar-refractivity contribution is 5.93. The number of piperidine rings is 1. The van der Waals surface area contributed by atoms with Crippen LogP contribution in [0.25, 0.3) is 0 Å². The second-order valence-corrected chi connectivity index (χ2v) is 6.85. The Kier molecular flexibility index (Phi) is 5.78. The largest absolute Gasteiger partial charge is 0.497 e. The molecule has 1 saturated heterocycles. The number of hydrogen-bond acceptors (Lipinski definition) is 6. The van der Waals surface area contributed by atoms with Crippen molar-refractivity contribution < 1.29 is 14.3 Å². The minimum atomic E-state index is -0.0481. The van der Waals surface area contributed by atoms with Crippen LogP contribution in [0, 0.1) is 12.8 Å². The lowest BCUT2D eigenvalue weighted by atomic mass is 9.99. The normalized spacial score (nSPS) is 14.7. The summed E-state index contributed by atoms with van der Waals surface area (Å²) in [6.45, 7) is 5.55. The predicted molar refractivity (Wildman–Crippen MR) is 104 cm³/mol. The lowest BCUT2D eigenvalue weighted by Gasteiger charge is -2.30. The Morgan fingerprint density at radius 2 is 1.89 bits per heavy atom. The molecule has 0 aliphatic carbocycles. The van der Waals surface area contributed by atoms with Crippen molar-refractivity contribution >= 4 is 17.4 Å². The van der Waals surface area contributed by atoms with Crippen LogP contribution in [0.1, 0.15) is 36.1 Å². The van der Waals surface area contributed by atoms with E-state index in [0.717, 1.165) is 25.9 Å². The SMILES string of the molecule is COc1ccc(OC)c(Nc2cc(C(=O)N3CCC(C)CC3)nc(C)n2)c1. The van der Waals surface area contributed by atoms with Crippen molar-refractivity contribution in [3.05, 3.63) is 35.8 Å². The van der Waals surface area contributed by atoms with E-state index < -0.39 is 0 Å². The molecule has 27 heavy (non-hydrogen) atoms. The van der Waals surface area contributed by atoms with Crippen LogP contribution in [0.15, 0.2) is 24.3 Å². The summed E-state index contributed by atoms with van der Waals surface area (Å²) < 4.78 is 10.7. The number of amides is 1. The summed E-state index contributed by atoms with van der Waals surface area (Å²) in [4.78, 5) is 23.5. The van der Waals surface area contributed by atoms with Gasteiger partial charge in [0.2, 0.25) is 0 Å². The number of aromatic nitrogens is 2. The number of benzene rings is 1. The highest BCUT2D eigenvalue weighted by Gasteiger charge is 2.23. The van der Waals surface area contributed by atoms with E-state index in [4.69, 9.17) is 9.47 Å². The van der Waals surface area contributed by atoms with Crippen LogP contribution in [-0.4, -0.2) is 48.1 Å². The fourth-order valence-electron chi connectivity index (χ4n) is 3.16. The number of anilines is 2. The zero-order valence-electron chi connectivity index (χ0n) is 16.3. The first-order valence-corrected chi connectivity index (χ1v) is 9.14. The fourth-order valence-corrected chi connectivity index (χ4v) is 3.16. The number of nitrogens with one attached hydrogen (secondary N) is 1. The smallest absolute Gasteiger partial charge is 0.272 e. The summed E-state index contributed by atoms with van der Waals surface area (Å²) in [7, 11) is 3.21. The van der Waals surface area contributed by atoms with E-state index in [1.807, 2.05) is 23.1 Å². The second kappa shape index (κ2) is 8.24. The summed E-state index contributed by atoms with van der Waals surface area (Å²) in [6, 6.07) is 7.15. The summed E-state index contributed by atoms with van der Waals surface area (Å²) in [5, 5.41) is 3.22. The molecule has 7 heteroatoms. The maximum Gasteiger partial charge on any atom is 0.272 e. The highest BCUT2D eigenvalue weighted by atomic mass is 16.5. The van der Waals surface area contributed by atoms with E-state index in [1.54, 1.807) is 27.2 Å². The molecule has 2 heterocycles. The molecule has 0 saturated carbocycles. The van der Waals surface area contributed by atoms with Crippen molar-refractivity contribution in [2.24, 2.45) is 5.92 Å². The van der Waals surface area contributed by atoms with Crippen LogP contribution >= 0.6 is 0 Å². The summed E-state index contributed by atoms with van der Waals surface area (Å²) in [6.07, 6.45) is 2.06. The minimum absolute atomic E-state index is 0.0481. The first kappa shape index (κ1) is 18.9. The Labute approximate surface area is 159 Å². The molecule has 3 rings (SSSR count). The molecular formula is C20H26N4O3. The quantitative estimate of drug-likeness (QED) is 0.869. The third-order valence-electron chi connectivity index (χ3n) is 4.80. The molecule has 1 fully saturated rings. The van der Waals surface area contributed by atoms with E-state index in [1.165, 1.54) is 0 Å². The van der Waals surface area contributed by atoms with Gasteiger partial charge in [0.15, 0.2) is 0 Å². The number of likely N-dealkylation sites (tertiary alicyclic amines) is 1. The molecule has 0 bridgehead atoms. The zero-order chi connectivity index (χ0) is 19.4. The van der Waals surface area contributed by atoms with Gasteiger partial charge in [0.05, 0.1) is 19.9 Å². The zero-order valence-corrected chi connectivity index (χ0v) is 16.3. The molecule has 1 aliphatic heterocycles. The number of carbonyl (C=O) groups is 1. The molecule has 1 aromatic heterocycles. The third kappa shape index (κ3) is 4.48. The van der Waals surface area contributed by atoms with Crippen LogP contribution in [0.5, 0.6) is 11.5 Å². The first-order valence-electron chi connectivity index (χ1n) is 9.14. The van der Waals surface area contributed by atoms with E-state index >= 15 is 0 Å². The lowest BCUT2D eigenvalue weighted by Crippen LogP contribution is -2.38. The molecule has 1 aliphatic rings. The molecule has 2 aromatic rings. The Hall–Kier alpha value is -2.83. The Bertz CT molecular complexity index is 817. The topological polar surface area (TPSA) is 76.6 Å². The Balaban J connectivity index is 1.84. The van der Waals surface area contributed by atoms with Gasteiger partial charge in [-0.1, -0.05) is 6.92 Å². The maximum absolute atomic E-state index is 12.9. The van der Waals surface area contributed by atoms with Crippen molar-refractivity contribution in [2.45, 2.75) is 26.7 Å². The average Bonchev–Trinajstić information content (AvgIpc) is 2.67. The highest BCUT2D eigenvalue weighted by Crippen LogP contribution is 2.31. The third-order valence-corrected chi connectivity index (χ3v) is 4.80. The molecular weight excluding hydrogens is 344 g/mol. The molecule has 7 nitrogen and oxygen atoms in total. The molecule has 1 aromatic carbocycles. The number of ether oxygens (including phenoxy) is 2. The van der Waals surface area contributed by atoms with Crippen molar-refractivity contribution in [1.82, 2.24) is 14.9 Å². The fraction of sp³-hybridized carbons (Fsp3) is 0.450. The van der Waals surface area contributed by atoms with Gasteiger partial charge in [0.25, 0.3) is 5.91 Å². The van der Waals surface area contributed by atoms with Gasteiger partial charge in [-0.15, -0.1) is 0 Å². The number of rotatable bonds is 5. The van der Waals surface area contributed by atoms with Crippen LogP contribution in [0.2, 0.25) is 0 Å². The number of aryl methyl sites for hydroxylation is 1. The number of nitrogens with zero attached hydrogens (tertiary/aromatic N) is 3. The first-order chi connectivity index (χ1) is 13.0. The van der Waals surface area contributed by atoms with Crippen LogP contribution in [0.3, 0.4) is 0 Å². The average molecular weight is 370 g/mol.